The van der Waals surface area contributed by atoms with Gasteiger partial charge in [-0.2, -0.15) is 0 Å². The zero-order chi connectivity index (χ0) is 19.4. The molecule has 2 aromatic rings. The molecule has 3 rings (SSSR count). The van der Waals surface area contributed by atoms with E-state index >= 15 is 0 Å². The van der Waals surface area contributed by atoms with Crippen molar-refractivity contribution in [2.24, 2.45) is 0 Å². The smallest absolute Gasteiger partial charge is 0.231 e. The maximum Gasteiger partial charge on any atom is 0.231 e. The minimum Gasteiger partial charge on any atom is -0.496 e. The molecule has 0 saturated carbocycles. The van der Waals surface area contributed by atoms with Gasteiger partial charge < -0.3 is 28.4 Å². The summed E-state index contributed by atoms with van der Waals surface area (Å²) >= 11 is 0. The second kappa shape index (κ2) is 7.90. The number of benzene rings is 2. The Labute approximate surface area is 157 Å². The van der Waals surface area contributed by atoms with Gasteiger partial charge in [-0.25, -0.2) is 0 Å². The van der Waals surface area contributed by atoms with Crippen molar-refractivity contribution in [3.8, 4) is 34.5 Å². The first-order valence-electron chi connectivity index (χ1n) is 8.11. The van der Waals surface area contributed by atoms with Gasteiger partial charge in [0, 0.05) is 17.7 Å². The number of hydrogen-bond acceptors (Lipinski definition) is 7. The van der Waals surface area contributed by atoms with E-state index in [4.69, 9.17) is 28.4 Å². The normalized spacial score (nSPS) is 12.1. The Kier molecular flexibility index (Phi) is 5.40. The molecule has 1 aliphatic rings. The minimum atomic E-state index is -0.257. The summed E-state index contributed by atoms with van der Waals surface area (Å²) in [6.45, 7) is 0.160. The first-order chi connectivity index (χ1) is 13.1. The number of carbonyl (C=O) groups excluding carboxylic acids is 1. The molecule has 0 spiro atoms. The van der Waals surface area contributed by atoms with Gasteiger partial charge in [-0.3, -0.25) is 4.79 Å². The molecule has 142 valence electrons. The Morgan fingerprint density at radius 2 is 1.41 bits per heavy atom. The zero-order valence-corrected chi connectivity index (χ0v) is 15.5. The molecule has 7 nitrogen and oxygen atoms in total. The van der Waals surface area contributed by atoms with Crippen molar-refractivity contribution in [3.63, 3.8) is 0 Å². The lowest BCUT2D eigenvalue weighted by atomic mass is 10.1. The topological polar surface area (TPSA) is 72.5 Å². The molecule has 0 N–H and O–H groups in total. The van der Waals surface area contributed by atoms with Crippen LogP contribution in [-0.4, -0.2) is 41.0 Å². The van der Waals surface area contributed by atoms with Crippen LogP contribution in [0.15, 0.2) is 30.3 Å². The van der Waals surface area contributed by atoms with Crippen LogP contribution in [0, 0.1) is 0 Å². The molecule has 0 atom stereocenters. The SMILES string of the molecule is COc1cc2c(cc1/C=C/C(=O)c1cc(OC)c(OC)cc1OC)OCO2. The molecular formula is C20H20O7. The predicted octanol–water partition coefficient (Wildman–Crippen LogP) is 3.35. The molecule has 0 fully saturated rings. The van der Waals surface area contributed by atoms with Crippen LogP contribution in [0.25, 0.3) is 6.08 Å². The van der Waals surface area contributed by atoms with E-state index in [1.54, 1.807) is 37.5 Å². The number of ether oxygens (including phenoxy) is 6. The molecule has 0 bridgehead atoms. The number of ketones is 1. The van der Waals surface area contributed by atoms with Crippen molar-refractivity contribution in [2.75, 3.05) is 35.2 Å². The number of allylic oxidation sites excluding steroid dienone is 1. The van der Waals surface area contributed by atoms with Crippen LogP contribution in [0.3, 0.4) is 0 Å². The van der Waals surface area contributed by atoms with Gasteiger partial charge in [0.2, 0.25) is 6.79 Å². The maximum absolute atomic E-state index is 12.7. The molecule has 2 aromatic carbocycles. The van der Waals surface area contributed by atoms with Crippen LogP contribution in [0.2, 0.25) is 0 Å². The minimum absolute atomic E-state index is 0.160. The highest BCUT2D eigenvalue weighted by atomic mass is 16.7. The molecule has 0 radical (unpaired) electrons. The average molecular weight is 372 g/mol. The van der Waals surface area contributed by atoms with E-state index in [1.165, 1.54) is 27.4 Å². The summed E-state index contributed by atoms with van der Waals surface area (Å²) in [6.07, 6.45) is 3.09. The van der Waals surface area contributed by atoms with Crippen molar-refractivity contribution in [1.82, 2.24) is 0 Å². The Morgan fingerprint density at radius 1 is 0.815 bits per heavy atom. The molecule has 0 aromatic heterocycles. The highest BCUT2D eigenvalue weighted by Gasteiger charge is 2.18. The van der Waals surface area contributed by atoms with Crippen molar-refractivity contribution in [2.45, 2.75) is 0 Å². The zero-order valence-electron chi connectivity index (χ0n) is 15.5. The standard InChI is InChI=1S/C20H20O7/c1-22-15-9-20-19(26-11-27-20)7-12(15)5-6-14(21)13-8-17(24-3)18(25-4)10-16(13)23-2/h5-10H,11H2,1-4H3/b6-5+. The Morgan fingerprint density at radius 3 is 2.04 bits per heavy atom. The molecule has 0 unspecified atom stereocenters. The molecule has 1 aliphatic heterocycles. The van der Waals surface area contributed by atoms with Crippen molar-refractivity contribution < 1.29 is 33.2 Å². The van der Waals surface area contributed by atoms with Crippen LogP contribution in [0.4, 0.5) is 0 Å². The lowest BCUT2D eigenvalue weighted by molar-refractivity contribution is 0.104. The highest BCUT2D eigenvalue weighted by molar-refractivity contribution is 6.09. The van der Waals surface area contributed by atoms with Gasteiger partial charge in [0.15, 0.2) is 28.8 Å². The molecule has 1 heterocycles. The van der Waals surface area contributed by atoms with Crippen molar-refractivity contribution >= 4 is 11.9 Å². The molecular weight excluding hydrogens is 352 g/mol. The molecule has 0 saturated heterocycles. The van der Waals surface area contributed by atoms with Gasteiger partial charge in [0.25, 0.3) is 0 Å². The summed E-state index contributed by atoms with van der Waals surface area (Å²) in [5.41, 5.74) is 1.04. The number of hydrogen-bond donors (Lipinski definition) is 0. The molecule has 7 heteroatoms. The average Bonchev–Trinajstić information content (AvgIpc) is 3.17. The molecule has 0 aliphatic carbocycles. The Bertz CT molecular complexity index is 886. The Balaban J connectivity index is 1.94. The fraction of sp³-hybridized carbons (Fsp3) is 0.250. The van der Waals surface area contributed by atoms with Gasteiger partial charge >= 0.3 is 0 Å². The lowest BCUT2D eigenvalue weighted by Gasteiger charge is -2.12. The fourth-order valence-electron chi connectivity index (χ4n) is 2.72. The van der Waals surface area contributed by atoms with Crippen molar-refractivity contribution in [1.29, 1.82) is 0 Å². The largest absolute Gasteiger partial charge is 0.496 e. The Hall–Kier alpha value is -3.35. The van der Waals surface area contributed by atoms with E-state index in [9.17, 15) is 4.79 Å². The van der Waals surface area contributed by atoms with Crippen LogP contribution in [0.1, 0.15) is 15.9 Å². The number of methoxy groups -OCH3 is 4. The van der Waals surface area contributed by atoms with Gasteiger partial charge in [-0.1, -0.05) is 0 Å². The number of carbonyl (C=O) groups is 1. The van der Waals surface area contributed by atoms with Gasteiger partial charge in [0.05, 0.1) is 34.0 Å². The summed E-state index contributed by atoms with van der Waals surface area (Å²) in [6, 6.07) is 6.68. The second-order valence-corrected chi connectivity index (χ2v) is 5.55. The third kappa shape index (κ3) is 3.62. The van der Waals surface area contributed by atoms with E-state index in [-0.39, 0.29) is 12.6 Å². The summed E-state index contributed by atoms with van der Waals surface area (Å²) in [4.78, 5) is 12.7. The lowest BCUT2D eigenvalue weighted by Crippen LogP contribution is -2.01. The van der Waals surface area contributed by atoms with Crippen LogP contribution in [0.5, 0.6) is 34.5 Å². The highest BCUT2D eigenvalue weighted by Crippen LogP contribution is 2.39. The molecule has 27 heavy (non-hydrogen) atoms. The second-order valence-electron chi connectivity index (χ2n) is 5.55. The third-order valence-electron chi connectivity index (χ3n) is 4.11. The number of rotatable bonds is 7. The van der Waals surface area contributed by atoms with Gasteiger partial charge in [-0.05, 0) is 24.3 Å². The summed E-state index contributed by atoms with van der Waals surface area (Å²) in [5, 5.41) is 0. The predicted molar refractivity (Wildman–Crippen MR) is 98.6 cm³/mol. The van der Waals surface area contributed by atoms with Gasteiger partial charge in [-0.15, -0.1) is 0 Å². The summed E-state index contributed by atoms with van der Waals surface area (Å²) < 4.78 is 31.9. The summed E-state index contributed by atoms with van der Waals surface area (Å²) in [7, 11) is 6.06. The maximum atomic E-state index is 12.7. The van der Waals surface area contributed by atoms with E-state index in [0.29, 0.717) is 45.6 Å². The number of fused-ring (bicyclic) bond motifs is 1. The first kappa shape index (κ1) is 18.4. The monoisotopic (exact) mass is 372 g/mol. The van der Waals surface area contributed by atoms with Crippen LogP contribution in [-0.2, 0) is 0 Å². The van der Waals surface area contributed by atoms with Crippen LogP contribution < -0.4 is 28.4 Å². The molecule has 0 amide bonds. The van der Waals surface area contributed by atoms with E-state index < -0.39 is 0 Å². The summed E-state index contributed by atoms with van der Waals surface area (Å²) in [5.74, 6) is 2.83. The van der Waals surface area contributed by atoms with Crippen molar-refractivity contribution in [3.05, 3.63) is 41.5 Å². The van der Waals surface area contributed by atoms with Crippen LogP contribution >= 0.6 is 0 Å². The van der Waals surface area contributed by atoms with E-state index in [1.807, 2.05) is 0 Å². The first-order valence-corrected chi connectivity index (χ1v) is 8.11. The van der Waals surface area contributed by atoms with Gasteiger partial charge in [0.1, 0.15) is 11.5 Å². The fourth-order valence-corrected chi connectivity index (χ4v) is 2.72. The van der Waals surface area contributed by atoms with E-state index in [0.717, 1.165) is 0 Å². The third-order valence-corrected chi connectivity index (χ3v) is 4.11. The van der Waals surface area contributed by atoms with E-state index in [2.05, 4.69) is 0 Å². The quantitative estimate of drug-likeness (QED) is 0.545.